The molecule has 172 valence electrons. The number of carbonyl (C=O) groups is 1. The molecule has 2 aromatic carbocycles. The van der Waals surface area contributed by atoms with Crippen LogP contribution in [0.15, 0.2) is 47.4 Å². The first-order valence-electron chi connectivity index (χ1n) is 11.1. The van der Waals surface area contributed by atoms with Gasteiger partial charge in [-0.25, -0.2) is 13.1 Å². The summed E-state index contributed by atoms with van der Waals surface area (Å²) in [6.07, 6.45) is 1.60. The lowest BCUT2D eigenvalue weighted by Gasteiger charge is -2.35. The summed E-state index contributed by atoms with van der Waals surface area (Å²) in [7, 11) is -3.69. The van der Waals surface area contributed by atoms with Crippen molar-refractivity contribution in [2.75, 3.05) is 44.3 Å². The van der Waals surface area contributed by atoms with E-state index in [1.165, 1.54) is 12.5 Å². The average molecular weight is 458 g/mol. The van der Waals surface area contributed by atoms with E-state index in [0.29, 0.717) is 19.8 Å². The minimum atomic E-state index is -3.69. The third-order valence-corrected chi connectivity index (χ3v) is 7.70. The Labute approximate surface area is 190 Å². The molecule has 0 aromatic heterocycles. The molecule has 2 aliphatic heterocycles. The van der Waals surface area contributed by atoms with Crippen LogP contribution >= 0.6 is 0 Å². The molecule has 1 fully saturated rings. The van der Waals surface area contributed by atoms with Crippen LogP contribution < -0.4 is 9.62 Å². The molecule has 0 spiro atoms. The van der Waals surface area contributed by atoms with Gasteiger partial charge in [-0.2, -0.15) is 0 Å². The Morgan fingerprint density at radius 1 is 1.09 bits per heavy atom. The van der Waals surface area contributed by atoms with Crippen LogP contribution in [0.2, 0.25) is 0 Å². The lowest BCUT2D eigenvalue weighted by Crippen LogP contribution is -2.43. The summed E-state index contributed by atoms with van der Waals surface area (Å²) in [5.41, 5.74) is 3.97. The zero-order valence-electron chi connectivity index (χ0n) is 18.7. The summed E-state index contributed by atoms with van der Waals surface area (Å²) in [6, 6.07) is 13.2. The molecule has 1 saturated heterocycles. The van der Waals surface area contributed by atoms with Crippen LogP contribution in [0.1, 0.15) is 36.1 Å². The predicted molar refractivity (Wildman–Crippen MR) is 124 cm³/mol. The number of amides is 1. The molecule has 8 heteroatoms. The molecule has 2 aromatic rings. The number of hydrogen-bond donors (Lipinski definition) is 1. The normalized spacial score (nSPS) is 18.2. The Kier molecular flexibility index (Phi) is 6.95. The lowest BCUT2D eigenvalue weighted by atomic mass is 10.0. The summed E-state index contributed by atoms with van der Waals surface area (Å²) >= 11 is 0. The van der Waals surface area contributed by atoms with Gasteiger partial charge >= 0.3 is 0 Å². The monoisotopic (exact) mass is 457 g/mol. The van der Waals surface area contributed by atoms with Crippen LogP contribution in [-0.4, -0.2) is 58.6 Å². The fourth-order valence-corrected chi connectivity index (χ4v) is 5.56. The van der Waals surface area contributed by atoms with E-state index in [9.17, 15) is 13.2 Å². The lowest BCUT2D eigenvalue weighted by molar-refractivity contribution is -0.116. The van der Waals surface area contributed by atoms with Crippen molar-refractivity contribution in [3.63, 3.8) is 0 Å². The first-order valence-corrected chi connectivity index (χ1v) is 12.6. The van der Waals surface area contributed by atoms with Gasteiger partial charge in [0.15, 0.2) is 0 Å². The average Bonchev–Trinajstić information content (AvgIpc) is 2.80. The maximum absolute atomic E-state index is 13.2. The number of anilines is 1. The number of aryl methyl sites for hydroxylation is 2. The second-order valence-corrected chi connectivity index (χ2v) is 10.3. The molecular formula is C24H31N3O4S. The topological polar surface area (TPSA) is 79.0 Å². The van der Waals surface area contributed by atoms with E-state index in [1.54, 1.807) is 23.1 Å². The van der Waals surface area contributed by atoms with Crippen LogP contribution in [0, 0.1) is 6.92 Å². The second kappa shape index (κ2) is 9.70. The van der Waals surface area contributed by atoms with Gasteiger partial charge < -0.3 is 9.64 Å². The third-order valence-electron chi connectivity index (χ3n) is 6.28. The number of benzene rings is 2. The van der Waals surface area contributed by atoms with Crippen LogP contribution in [0.3, 0.4) is 0 Å². The van der Waals surface area contributed by atoms with Gasteiger partial charge in [0.1, 0.15) is 0 Å². The number of rotatable bonds is 6. The van der Waals surface area contributed by atoms with E-state index < -0.39 is 10.0 Å². The van der Waals surface area contributed by atoms with Crippen LogP contribution in [0.25, 0.3) is 0 Å². The largest absolute Gasteiger partial charge is 0.379 e. The Morgan fingerprint density at radius 3 is 2.50 bits per heavy atom. The van der Waals surface area contributed by atoms with Gasteiger partial charge in [0.05, 0.1) is 18.1 Å². The number of ether oxygens (including phenoxy) is 1. The van der Waals surface area contributed by atoms with Gasteiger partial charge in [-0.05, 0) is 49.1 Å². The first kappa shape index (κ1) is 22.9. The second-order valence-electron chi connectivity index (χ2n) is 8.49. The Hall–Kier alpha value is -2.26. The fourth-order valence-electron chi connectivity index (χ4n) is 4.48. The molecule has 0 radical (unpaired) electrons. The quantitative estimate of drug-likeness (QED) is 0.722. The molecule has 0 aliphatic carbocycles. The summed E-state index contributed by atoms with van der Waals surface area (Å²) in [4.78, 5) is 16.1. The summed E-state index contributed by atoms with van der Waals surface area (Å²) in [5.74, 6) is -0.0221. The molecule has 1 N–H and O–H groups in total. The van der Waals surface area contributed by atoms with Crippen LogP contribution in [0.4, 0.5) is 5.69 Å². The molecule has 2 heterocycles. The van der Waals surface area contributed by atoms with Crippen molar-refractivity contribution in [3.8, 4) is 0 Å². The van der Waals surface area contributed by atoms with Crippen molar-refractivity contribution < 1.29 is 17.9 Å². The van der Waals surface area contributed by atoms with Gasteiger partial charge in [-0.3, -0.25) is 9.69 Å². The number of carbonyl (C=O) groups excluding carboxylic acids is 1. The highest BCUT2D eigenvalue weighted by Gasteiger charge is 2.27. The molecule has 0 bridgehead atoms. The number of nitrogens with zero attached hydrogens (tertiary/aromatic N) is 2. The van der Waals surface area contributed by atoms with Crippen molar-refractivity contribution in [1.82, 2.24) is 9.62 Å². The summed E-state index contributed by atoms with van der Waals surface area (Å²) < 4.78 is 34.7. The van der Waals surface area contributed by atoms with Crippen molar-refractivity contribution in [2.45, 2.75) is 37.6 Å². The molecule has 7 nitrogen and oxygen atoms in total. The van der Waals surface area contributed by atoms with E-state index in [2.05, 4.69) is 33.9 Å². The highest BCUT2D eigenvalue weighted by atomic mass is 32.2. The van der Waals surface area contributed by atoms with Gasteiger partial charge in [0, 0.05) is 44.8 Å². The fraction of sp³-hybridized carbons (Fsp3) is 0.458. The van der Waals surface area contributed by atoms with Gasteiger partial charge in [0.2, 0.25) is 15.9 Å². The molecule has 2 aliphatic rings. The Bertz CT molecular complexity index is 1060. The first-order chi connectivity index (χ1) is 15.3. The van der Waals surface area contributed by atoms with E-state index in [-0.39, 0.29) is 23.4 Å². The van der Waals surface area contributed by atoms with E-state index in [0.717, 1.165) is 42.7 Å². The highest BCUT2D eigenvalue weighted by Crippen LogP contribution is 2.30. The van der Waals surface area contributed by atoms with Crippen molar-refractivity contribution in [3.05, 3.63) is 59.2 Å². The molecule has 1 amide bonds. The molecule has 32 heavy (non-hydrogen) atoms. The maximum atomic E-state index is 13.2. The molecular weight excluding hydrogens is 426 g/mol. The van der Waals surface area contributed by atoms with Crippen molar-refractivity contribution in [2.24, 2.45) is 0 Å². The highest BCUT2D eigenvalue weighted by molar-refractivity contribution is 7.89. The minimum absolute atomic E-state index is 0.0221. The number of sulfonamides is 1. The molecule has 1 atom stereocenters. The summed E-state index contributed by atoms with van der Waals surface area (Å²) in [5, 5.41) is 0. The van der Waals surface area contributed by atoms with Gasteiger partial charge in [-0.1, -0.05) is 29.8 Å². The van der Waals surface area contributed by atoms with E-state index >= 15 is 0 Å². The molecule has 0 saturated carbocycles. The Morgan fingerprint density at radius 2 is 1.81 bits per heavy atom. The smallest absolute Gasteiger partial charge is 0.240 e. The predicted octanol–water partition coefficient (Wildman–Crippen LogP) is 2.65. The standard InChI is InChI=1S/C24H31N3O4S/c1-18-5-7-20(8-6-18)24(26-12-14-31-15-13-26)17-25-32(29,30)22-9-10-23-21(16-22)4-3-11-27(23)19(2)28/h5-10,16,24-25H,3-4,11-15,17H2,1-2H3. The number of nitrogens with one attached hydrogen (secondary N) is 1. The SMILES string of the molecule is CC(=O)N1CCCc2cc(S(=O)(=O)NCC(c3ccc(C)cc3)N3CCOCC3)ccc21. The number of morpholine rings is 1. The molecule has 4 rings (SSSR count). The van der Waals surface area contributed by atoms with Crippen LogP contribution in [-0.2, 0) is 26.0 Å². The molecule has 1 unspecified atom stereocenters. The van der Waals surface area contributed by atoms with Crippen molar-refractivity contribution in [1.29, 1.82) is 0 Å². The number of fused-ring (bicyclic) bond motifs is 1. The van der Waals surface area contributed by atoms with Crippen LogP contribution in [0.5, 0.6) is 0 Å². The van der Waals surface area contributed by atoms with Gasteiger partial charge in [-0.15, -0.1) is 0 Å². The minimum Gasteiger partial charge on any atom is -0.379 e. The van der Waals surface area contributed by atoms with Crippen molar-refractivity contribution >= 4 is 21.6 Å². The Balaban J connectivity index is 1.55. The third kappa shape index (κ3) is 5.04. The van der Waals surface area contributed by atoms with Gasteiger partial charge in [0.25, 0.3) is 0 Å². The zero-order valence-corrected chi connectivity index (χ0v) is 19.5. The maximum Gasteiger partial charge on any atom is 0.240 e. The summed E-state index contributed by atoms with van der Waals surface area (Å²) in [6.45, 7) is 7.35. The zero-order chi connectivity index (χ0) is 22.7. The van der Waals surface area contributed by atoms with E-state index in [4.69, 9.17) is 4.74 Å². The number of hydrogen-bond acceptors (Lipinski definition) is 5. The van der Waals surface area contributed by atoms with E-state index in [1.807, 2.05) is 6.92 Å².